The molecule has 6 aliphatic heterocycles. The lowest BCUT2D eigenvalue weighted by Crippen LogP contribution is -2.77. The number of aliphatic hydroxyl groups is 14. The van der Waals surface area contributed by atoms with Crippen LogP contribution in [0.1, 0.15) is 140 Å². The summed E-state index contributed by atoms with van der Waals surface area (Å²) in [4.78, 5) is 55.9. The molecule has 614 valence electrons. The van der Waals surface area contributed by atoms with Gasteiger partial charge in [-0.1, -0.05) is 84.9 Å². The van der Waals surface area contributed by atoms with E-state index in [1.165, 1.54) is 26.8 Å². The first-order valence-corrected chi connectivity index (χ1v) is 37.9. The highest BCUT2D eigenvalue weighted by Gasteiger charge is 2.87. The van der Waals surface area contributed by atoms with Crippen LogP contribution in [0.25, 0.3) is 6.08 Å². The third-order valence-corrected chi connectivity index (χ3v) is 27.6. The number of esters is 3. The number of carboxylic acids is 1. The minimum absolute atomic E-state index is 0.119. The molecule has 6 heterocycles. The van der Waals surface area contributed by atoms with Crippen LogP contribution in [0.5, 0.6) is 0 Å². The van der Waals surface area contributed by atoms with Gasteiger partial charge < -0.3 is 143 Å². The van der Waals surface area contributed by atoms with Gasteiger partial charge in [-0.25, -0.2) is 14.4 Å². The summed E-state index contributed by atoms with van der Waals surface area (Å²) >= 11 is 0. The smallest absolute Gasteiger partial charge is 0.335 e. The molecule has 12 rings (SSSR count). The van der Waals surface area contributed by atoms with Crippen LogP contribution >= 0.6 is 0 Å². The van der Waals surface area contributed by atoms with Crippen LogP contribution in [0.15, 0.2) is 48.1 Å². The van der Waals surface area contributed by atoms with Crippen molar-refractivity contribution < 1.29 is 162 Å². The monoisotopic (exact) mass is 1550 g/mol. The van der Waals surface area contributed by atoms with Gasteiger partial charge in [0.05, 0.1) is 37.1 Å². The molecule has 0 radical (unpaired) electrons. The number of carbonyl (C=O) groups is 4. The van der Waals surface area contributed by atoms with E-state index in [1.54, 1.807) is 38.1 Å². The van der Waals surface area contributed by atoms with E-state index in [0.717, 1.165) is 0 Å². The summed E-state index contributed by atoms with van der Waals surface area (Å²) in [5, 5.41) is 170. The van der Waals surface area contributed by atoms with E-state index in [4.69, 9.17) is 66.3 Å². The van der Waals surface area contributed by atoms with Gasteiger partial charge in [0.2, 0.25) is 0 Å². The largest absolute Gasteiger partial charge is 0.479 e. The summed E-state index contributed by atoms with van der Waals surface area (Å²) in [7, 11) is 0. The van der Waals surface area contributed by atoms with Crippen molar-refractivity contribution in [1.82, 2.24) is 0 Å². The van der Waals surface area contributed by atoms with Gasteiger partial charge in [-0.05, 0) is 119 Å². The molecule has 38 atom stereocenters. The van der Waals surface area contributed by atoms with Gasteiger partial charge in [0.15, 0.2) is 49.9 Å². The number of fused-ring (bicyclic) bond motifs is 4. The number of ether oxygens (including phenoxy) is 14. The molecule has 33 heteroatoms. The van der Waals surface area contributed by atoms with Gasteiger partial charge in [0.25, 0.3) is 0 Å². The molecule has 5 saturated carbocycles. The average molecular weight is 1550 g/mol. The molecule has 11 aliphatic rings. The Labute approximate surface area is 631 Å². The van der Waals surface area contributed by atoms with E-state index < -0.39 is 265 Å². The SMILES string of the molecule is C/C=C(\C)C(=O)O[C@H]1[C@H](OC(=O)/C=C/c2ccccc2)[C@@]23C(CC1(C)C)[C@]1(CC[C@@H]4[C@@]5(C)CC[C@H](O[C@@H]6O[C@H](C(=O)O)[C@@H](O)[C@H](O[C@@H]7O[C@H](CO)[C@H](O)[C@H](O)[C@H]7O[C@H]7O[C@@H](C)[C@H](O)[C@@H](O)[C@H]7O[C@H]7O[C@@H](C)[C@H](O)[C@@H](O)[C@H]7O)[C@H]6O[C@@H]6O[C@H](CO)[C@H](O)[C@H](O)[C@H]6O)C(C)(C)C5CC[C@@]4(C)[C@]1(C)C[C@H]2OC(C)=O)O[C@@H]3O. The zero-order valence-electron chi connectivity index (χ0n) is 63.3. The molecule has 15 N–H and O–H groups in total. The first-order chi connectivity index (χ1) is 51.1. The Hall–Kier alpha value is -4.42. The Kier molecular flexibility index (Phi) is 24.1. The number of allylic oxidation sites excluding steroid dienone is 1. The number of aliphatic hydroxyl groups excluding tert-OH is 14. The van der Waals surface area contributed by atoms with Gasteiger partial charge in [-0.3, -0.25) is 4.79 Å². The summed E-state index contributed by atoms with van der Waals surface area (Å²) in [5.41, 5.74) is -6.00. The summed E-state index contributed by atoms with van der Waals surface area (Å²) in [6, 6.07) is 9.07. The zero-order valence-corrected chi connectivity index (χ0v) is 63.3. The quantitative estimate of drug-likeness (QED) is 0.0350. The number of carboxylic acid groups (broad SMARTS) is 1. The highest BCUT2D eigenvalue weighted by molar-refractivity contribution is 5.88. The standard InChI is InChI=1S/C76H112O33/c1-13-31(2)63(94)108-60-61(102-43(80)20-19-35-17-15-14-16-18-35)76-40(27-70(60,6)7)75(109-69(76)95)26-22-39-72(10)24-23-41(71(8,9)38(72)21-25-73(39,11)74(75,12)28-42(76)98-34(5)79)101-68-59(107-65-53(90)49(86)46(83)36(29-77)99-65)55(54(91)56(104-68)62(92)93)103-67-58(51(88)47(84)37(30-78)100-67)106-66-57(50(87)45(82)33(4)97-66)105-64-52(89)48(85)44(81)32(3)96-64/h13-20,32-33,36-42,44-61,64-69,77-78,81-91,95H,21-30H2,1-12H3,(H,92,93)/b20-19+,31-13+/t32-,33-,36+,37+,38?,39+,40?,41-,42+,44-,45-,46-,47-,48+,49-,50+,51-,52+,53+,54-,55-,56-,57+,58+,59+,60-,61-,64+,65-,66+,67-,68+,69-,72-,73+,74-,75-,76+/m0/s1. The maximum atomic E-state index is 14.5. The summed E-state index contributed by atoms with van der Waals surface area (Å²) in [6.07, 6.45) is -47.7. The fourth-order valence-corrected chi connectivity index (χ4v) is 21.5. The van der Waals surface area contributed by atoms with Crippen molar-refractivity contribution in [3.63, 3.8) is 0 Å². The van der Waals surface area contributed by atoms with Crippen molar-refractivity contribution in [2.75, 3.05) is 13.2 Å². The zero-order chi connectivity index (χ0) is 79.6. The first kappa shape index (κ1) is 84.0. The van der Waals surface area contributed by atoms with Crippen LogP contribution in [0, 0.1) is 50.2 Å². The number of hydrogen-bond acceptors (Lipinski definition) is 32. The lowest BCUT2D eigenvalue weighted by Gasteiger charge is -2.75. The minimum Gasteiger partial charge on any atom is -0.479 e. The van der Waals surface area contributed by atoms with E-state index in [0.29, 0.717) is 37.7 Å². The van der Waals surface area contributed by atoms with Crippen molar-refractivity contribution in [3.8, 4) is 0 Å². The van der Waals surface area contributed by atoms with Gasteiger partial charge in [-0.2, -0.15) is 0 Å². The van der Waals surface area contributed by atoms with E-state index >= 15 is 0 Å². The molecule has 2 bridgehead atoms. The highest BCUT2D eigenvalue weighted by Crippen LogP contribution is 2.82. The number of hydrogen-bond donors (Lipinski definition) is 15. The van der Waals surface area contributed by atoms with E-state index in [9.17, 15) is 95.8 Å². The van der Waals surface area contributed by atoms with Gasteiger partial charge >= 0.3 is 23.9 Å². The maximum Gasteiger partial charge on any atom is 0.335 e. The van der Waals surface area contributed by atoms with Crippen molar-refractivity contribution >= 4 is 30.0 Å². The van der Waals surface area contributed by atoms with Crippen molar-refractivity contribution in [1.29, 1.82) is 0 Å². The molecule has 0 amide bonds. The molecule has 109 heavy (non-hydrogen) atoms. The van der Waals surface area contributed by atoms with Gasteiger partial charge in [-0.15, -0.1) is 0 Å². The van der Waals surface area contributed by atoms with Crippen LogP contribution in [-0.4, -0.2) is 304 Å². The third kappa shape index (κ3) is 14.1. The third-order valence-electron chi connectivity index (χ3n) is 27.6. The van der Waals surface area contributed by atoms with Crippen molar-refractivity contribution in [2.24, 2.45) is 50.2 Å². The van der Waals surface area contributed by atoms with E-state index in [-0.39, 0.29) is 36.7 Å². The number of carbonyl (C=O) groups excluding carboxylic acids is 3. The van der Waals surface area contributed by atoms with Crippen molar-refractivity contribution in [2.45, 2.75) is 324 Å². The predicted molar refractivity (Wildman–Crippen MR) is 369 cm³/mol. The molecule has 1 spiro atoms. The van der Waals surface area contributed by atoms with E-state index in [1.807, 2.05) is 45.9 Å². The van der Waals surface area contributed by atoms with E-state index in [2.05, 4.69) is 20.8 Å². The molecular weight excluding hydrogens is 1440 g/mol. The fourth-order valence-electron chi connectivity index (χ4n) is 21.5. The number of aliphatic carboxylic acids is 1. The molecule has 1 aromatic carbocycles. The van der Waals surface area contributed by atoms with Crippen LogP contribution in [-0.2, 0) is 85.5 Å². The number of benzene rings is 1. The van der Waals surface area contributed by atoms with Gasteiger partial charge in [0.1, 0.15) is 121 Å². The molecule has 2 unspecified atom stereocenters. The topological polar surface area (TPSA) is 501 Å². The minimum atomic E-state index is -2.39. The Bertz CT molecular complexity index is 3470. The predicted octanol–water partition coefficient (Wildman–Crippen LogP) is -0.767. The summed E-state index contributed by atoms with van der Waals surface area (Å²) in [5.74, 6) is -5.01. The lowest BCUT2D eigenvalue weighted by molar-refractivity contribution is -0.412. The second kappa shape index (κ2) is 31.3. The maximum absolute atomic E-state index is 14.5. The molecule has 6 saturated heterocycles. The molecule has 0 aromatic heterocycles. The molecule has 5 aliphatic carbocycles. The van der Waals surface area contributed by atoms with Crippen LogP contribution < -0.4 is 0 Å². The second-order valence-electron chi connectivity index (χ2n) is 34.2. The van der Waals surface area contributed by atoms with Crippen LogP contribution in [0.3, 0.4) is 0 Å². The van der Waals surface area contributed by atoms with Gasteiger partial charge in [0, 0.05) is 35.3 Å². The van der Waals surface area contributed by atoms with Crippen LogP contribution in [0.4, 0.5) is 0 Å². The Balaban J connectivity index is 0.872. The first-order valence-electron chi connectivity index (χ1n) is 37.9. The Morgan fingerprint density at radius 3 is 1.67 bits per heavy atom. The Morgan fingerprint density at radius 2 is 1.06 bits per heavy atom. The Morgan fingerprint density at radius 1 is 0.523 bits per heavy atom. The average Bonchev–Trinajstić information content (AvgIpc) is 1.53. The summed E-state index contributed by atoms with van der Waals surface area (Å²) < 4.78 is 89.1. The summed E-state index contributed by atoms with van der Waals surface area (Å²) in [6.45, 7) is 19.7. The normalized spacial score (nSPS) is 50.1. The highest BCUT2D eigenvalue weighted by atomic mass is 16.8. The molecular formula is C76H112O33. The fraction of sp³-hybridized carbons (Fsp3) is 0.816. The van der Waals surface area contributed by atoms with Crippen molar-refractivity contribution in [3.05, 3.63) is 53.6 Å². The molecule has 11 fully saturated rings. The second-order valence-corrected chi connectivity index (χ2v) is 34.2. The molecule has 33 nitrogen and oxygen atoms in total. The number of rotatable bonds is 19. The lowest BCUT2D eigenvalue weighted by atomic mass is 9.30. The van der Waals surface area contributed by atoms with Crippen LogP contribution in [0.2, 0.25) is 0 Å². The molecule has 1 aromatic rings.